The summed E-state index contributed by atoms with van der Waals surface area (Å²) < 4.78 is 10.1. The monoisotopic (exact) mass is 293 g/mol. The van der Waals surface area contributed by atoms with Gasteiger partial charge in [0.25, 0.3) is 0 Å². The molecule has 1 aromatic carbocycles. The van der Waals surface area contributed by atoms with Gasteiger partial charge < -0.3 is 19.9 Å². The van der Waals surface area contributed by atoms with Crippen LogP contribution in [0.5, 0.6) is 5.75 Å². The van der Waals surface area contributed by atoms with Gasteiger partial charge in [0.2, 0.25) is 5.91 Å². The molecule has 1 aromatic rings. The summed E-state index contributed by atoms with van der Waals surface area (Å²) in [4.78, 5) is 22.3. The number of benzene rings is 1. The molecule has 21 heavy (non-hydrogen) atoms. The van der Waals surface area contributed by atoms with Crippen molar-refractivity contribution >= 4 is 23.6 Å². The number of aliphatic carboxylic acids is 1. The van der Waals surface area contributed by atoms with Gasteiger partial charge in [0.1, 0.15) is 5.75 Å². The Morgan fingerprint density at radius 3 is 2.71 bits per heavy atom. The molecular formula is C15H19NO5. The standard InChI is InChI=1S/C15H19NO5/c1-20-9-3-4-14(17)16-12-10-11(6-8-15(18)19)5-7-13(12)21-2/h5-8,10H,3-4,9H2,1-2H3,(H,16,17)(H,18,19)/b8-6+. The Morgan fingerprint density at radius 1 is 1.33 bits per heavy atom. The minimum atomic E-state index is -1.03. The summed E-state index contributed by atoms with van der Waals surface area (Å²) >= 11 is 0. The van der Waals surface area contributed by atoms with E-state index < -0.39 is 5.97 Å². The number of anilines is 1. The summed E-state index contributed by atoms with van der Waals surface area (Å²) in [5.41, 5.74) is 1.16. The van der Waals surface area contributed by atoms with Crippen LogP contribution in [0.15, 0.2) is 24.3 Å². The number of nitrogens with one attached hydrogen (secondary N) is 1. The molecule has 0 atom stereocenters. The minimum absolute atomic E-state index is 0.148. The van der Waals surface area contributed by atoms with Crippen LogP contribution in [0, 0.1) is 0 Å². The molecule has 114 valence electrons. The number of amides is 1. The molecule has 0 unspecified atom stereocenters. The Bertz CT molecular complexity index is 525. The number of hydrogen-bond acceptors (Lipinski definition) is 4. The van der Waals surface area contributed by atoms with Gasteiger partial charge in [-0.05, 0) is 30.2 Å². The average molecular weight is 293 g/mol. The van der Waals surface area contributed by atoms with Crippen LogP contribution in [0.25, 0.3) is 6.08 Å². The number of rotatable bonds is 8. The first-order valence-electron chi connectivity index (χ1n) is 6.44. The van der Waals surface area contributed by atoms with Crippen molar-refractivity contribution in [3.63, 3.8) is 0 Å². The van der Waals surface area contributed by atoms with Gasteiger partial charge in [-0.1, -0.05) is 6.07 Å². The zero-order valence-corrected chi connectivity index (χ0v) is 12.1. The molecule has 2 N–H and O–H groups in total. The van der Waals surface area contributed by atoms with E-state index in [2.05, 4.69) is 5.32 Å². The summed E-state index contributed by atoms with van der Waals surface area (Å²) in [6.45, 7) is 0.520. The highest BCUT2D eigenvalue weighted by atomic mass is 16.5. The molecule has 0 saturated heterocycles. The van der Waals surface area contributed by atoms with Gasteiger partial charge in [0, 0.05) is 26.2 Å². The first-order chi connectivity index (χ1) is 10.1. The second kappa shape index (κ2) is 8.76. The van der Waals surface area contributed by atoms with Crippen LogP contribution in [0.3, 0.4) is 0 Å². The van der Waals surface area contributed by atoms with Gasteiger partial charge in [-0.3, -0.25) is 4.79 Å². The van der Waals surface area contributed by atoms with Gasteiger partial charge in [-0.2, -0.15) is 0 Å². The SMILES string of the molecule is COCCCC(=O)Nc1cc(/C=C/C(=O)O)ccc1OC. The van der Waals surface area contributed by atoms with Crippen LogP contribution in [-0.2, 0) is 14.3 Å². The fourth-order valence-corrected chi connectivity index (χ4v) is 1.68. The molecule has 0 aromatic heterocycles. The van der Waals surface area contributed by atoms with Crippen molar-refractivity contribution in [1.29, 1.82) is 0 Å². The summed E-state index contributed by atoms with van der Waals surface area (Å²) in [6, 6.07) is 5.04. The first kappa shape index (κ1) is 16.7. The third-order valence-electron chi connectivity index (χ3n) is 2.67. The van der Waals surface area contributed by atoms with E-state index in [-0.39, 0.29) is 5.91 Å². The predicted molar refractivity (Wildman–Crippen MR) is 79.4 cm³/mol. The molecule has 0 heterocycles. The lowest BCUT2D eigenvalue weighted by molar-refractivity contribution is -0.131. The molecule has 0 saturated carbocycles. The van der Waals surface area contributed by atoms with Crippen molar-refractivity contribution in [3.8, 4) is 5.75 Å². The lowest BCUT2D eigenvalue weighted by Gasteiger charge is -2.11. The maximum absolute atomic E-state index is 11.8. The second-order valence-electron chi connectivity index (χ2n) is 4.28. The molecule has 0 aliphatic heterocycles. The van der Waals surface area contributed by atoms with Crippen LogP contribution in [0.1, 0.15) is 18.4 Å². The lowest BCUT2D eigenvalue weighted by Crippen LogP contribution is -2.13. The summed E-state index contributed by atoms with van der Waals surface area (Å²) in [6.07, 6.45) is 3.45. The van der Waals surface area contributed by atoms with E-state index in [1.807, 2.05) is 0 Å². The number of carboxylic acids is 1. The van der Waals surface area contributed by atoms with E-state index >= 15 is 0 Å². The molecule has 0 fully saturated rings. The zero-order valence-electron chi connectivity index (χ0n) is 12.1. The van der Waals surface area contributed by atoms with Crippen LogP contribution < -0.4 is 10.1 Å². The molecule has 1 rings (SSSR count). The van der Waals surface area contributed by atoms with E-state index in [1.54, 1.807) is 25.3 Å². The minimum Gasteiger partial charge on any atom is -0.495 e. The van der Waals surface area contributed by atoms with E-state index in [4.69, 9.17) is 14.6 Å². The smallest absolute Gasteiger partial charge is 0.328 e. The van der Waals surface area contributed by atoms with Crippen molar-refractivity contribution in [2.45, 2.75) is 12.8 Å². The van der Waals surface area contributed by atoms with E-state index in [9.17, 15) is 9.59 Å². The molecule has 0 radical (unpaired) electrons. The molecule has 1 amide bonds. The molecule has 6 heteroatoms. The number of carbonyl (C=O) groups is 2. The summed E-state index contributed by atoms with van der Waals surface area (Å²) in [5, 5.41) is 11.4. The Labute approximate surface area is 123 Å². The Hall–Kier alpha value is -2.34. The zero-order chi connectivity index (χ0) is 15.7. The molecule has 0 bridgehead atoms. The Kier molecular flexibility index (Phi) is 6.97. The van der Waals surface area contributed by atoms with Crippen LogP contribution in [-0.4, -0.2) is 37.8 Å². The van der Waals surface area contributed by atoms with E-state index in [0.717, 1.165) is 6.08 Å². The third kappa shape index (κ3) is 6.09. The molecule has 0 aliphatic carbocycles. The second-order valence-corrected chi connectivity index (χ2v) is 4.28. The number of carboxylic acid groups (broad SMARTS) is 1. The third-order valence-corrected chi connectivity index (χ3v) is 2.67. The Morgan fingerprint density at radius 2 is 2.10 bits per heavy atom. The van der Waals surface area contributed by atoms with Crippen molar-refractivity contribution in [3.05, 3.63) is 29.8 Å². The van der Waals surface area contributed by atoms with E-state index in [0.29, 0.717) is 36.4 Å². The average Bonchev–Trinajstić information content (AvgIpc) is 2.45. The van der Waals surface area contributed by atoms with Crippen LogP contribution in [0.2, 0.25) is 0 Å². The van der Waals surface area contributed by atoms with Crippen molar-refractivity contribution < 1.29 is 24.2 Å². The lowest BCUT2D eigenvalue weighted by atomic mass is 10.1. The first-order valence-corrected chi connectivity index (χ1v) is 6.44. The molecule has 0 aliphatic rings. The molecule has 0 spiro atoms. The normalized spacial score (nSPS) is 10.6. The van der Waals surface area contributed by atoms with Gasteiger partial charge in [0.05, 0.1) is 12.8 Å². The van der Waals surface area contributed by atoms with Gasteiger partial charge in [0.15, 0.2) is 0 Å². The predicted octanol–water partition coefficient (Wildman–Crippen LogP) is 2.16. The fourth-order valence-electron chi connectivity index (χ4n) is 1.68. The van der Waals surface area contributed by atoms with Crippen molar-refractivity contribution in [2.75, 3.05) is 26.1 Å². The largest absolute Gasteiger partial charge is 0.495 e. The number of carbonyl (C=O) groups excluding carboxylic acids is 1. The maximum Gasteiger partial charge on any atom is 0.328 e. The number of ether oxygens (including phenoxy) is 2. The van der Waals surface area contributed by atoms with Gasteiger partial charge >= 0.3 is 5.97 Å². The highest BCUT2D eigenvalue weighted by Crippen LogP contribution is 2.26. The summed E-state index contributed by atoms with van der Waals surface area (Å²) in [7, 11) is 3.09. The van der Waals surface area contributed by atoms with Crippen molar-refractivity contribution in [2.24, 2.45) is 0 Å². The van der Waals surface area contributed by atoms with Crippen molar-refractivity contribution in [1.82, 2.24) is 0 Å². The highest BCUT2D eigenvalue weighted by Gasteiger charge is 2.08. The fraction of sp³-hybridized carbons (Fsp3) is 0.333. The highest BCUT2D eigenvalue weighted by molar-refractivity contribution is 5.93. The quantitative estimate of drug-likeness (QED) is 0.566. The van der Waals surface area contributed by atoms with E-state index in [1.165, 1.54) is 13.2 Å². The summed E-state index contributed by atoms with van der Waals surface area (Å²) in [5.74, 6) is -0.664. The Balaban J connectivity index is 2.80. The van der Waals surface area contributed by atoms with Gasteiger partial charge in [-0.15, -0.1) is 0 Å². The van der Waals surface area contributed by atoms with Crippen LogP contribution in [0.4, 0.5) is 5.69 Å². The van der Waals surface area contributed by atoms with Gasteiger partial charge in [-0.25, -0.2) is 4.79 Å². The van der Waals surface area contributed by atoms with Crippen LogP contribution >= 0.6 is 0 Å². The maximum atomic E-state index is 11.8. The molecular weight excluding hydrogens is 274 g/mol. The topological polar surface area (TPSA) is 84.9 Å². The number of hydrogen-bond donors (Lipinski definition) is 2. The molecule has 6 nitrogen and oxygen atoms in total. The number of methoxy groups -OCH3 is 2.